The van der Waals surface area contributed by atoms with Crippen molar-refractivity contribution in [3.63, 3.8) is 0 Å². The second kappa shape index (κ2) is 7.46. The van der Waals surface area contributed by atoms with Crippen molar-refractivity contribution in [1.82, 2.24) is 0 Å². The van der Waals surface area contributed by atoms with Crippen LogP contribution in [0.1, 0.15) is 19.4 Å². The maximum Gasteiger partial charge on any atom is 0.346 e. The predicted molar refractivity (Wildman–Crippen MR) is 88.7 cm³/mol. The molecule has 0 aliphatic carbocycles. The Morgan fingerprint density at radius 2 is 1.82 bits per heavy atom. The molecular formula is C19H20O3. The molecule has 0 aliphatic heterocycles. The minimum absolute atomic E-state index is 0.394. The molecule has 0 fully saturated rings. The lowest BCUT2D eigenvalue weighted by Crippen LogP contribution is -2.25. The Hall–Kier alpha value is -2.55. The first-order valence-electron chi connectivity index (χ1n) is 7.23. The fourth-order valence-electron chi connectivity index (χ4n) is 2.23. The van der Waals surface area contributed by atoms with Crippen LogP contribution in [0.15, 0.2) is 54.6 Å². The Morgan fingerprint density at radius 3 is 2.45 bits per heavy atom. The van der Waals surface area contributed by atoms with Crippen molar-refractivity contribution in [1.29, 1.82) is 0 Å². The summed E-state index contributed by atoms with van der Waals surface area (Å²) >= 11 is 0. The van der Waals surface area contributed by atoms with Gasteiger partial charge in [0.1, 0.15) is 5.75 Å². The molecule has 1 atom stereocenters. The Bertz CT molecular complexity index is 660. The van der Waals surface area contributed by atoms with Crippen molar-refractivity contribution in [2.24, 2.45) is 0 Å². The number of benzene rings is 2. The van der Waals surface area contributed by atoms with E-state index in [-0.39, 0.29) is 0 Å². The highest BCUT2D eigenvalue weighted by Gasteiger charge is 2.19. The average molecular weight is 296 g/mol. The molecule has 1 unspecified atom stereocenters. The molecule has 22 heavy (non-hydrogen) atoms. The Kier molecular flexibility index (Phi) is 5.37. The predicted octanol–water partition coefficient (Wildman–Crippen LogP) is 4.33. The van der Waals surface area contributed by atoms with Crippen LogP contribution in [0.4, 0.5) is 0 Å². The van der Waals surface area contributed by atoms with Crippen LogP contribution in [-0.4, -0.2) is 19.2 Å². The van der Waals surface area contributed by atoms with Crippen LogP contribution >= 0.6 is 0 Å². The van der Waals surface area contributed by atoms with E-state index in [0.717, 1.165) is 16.7 Å². The van der Waals surface area contributed by atoms with Gasteiger partial charge in [0.15, 0.2) is 6.10 Å². The Balaban J connectivity index is 2.50. The van der Waals surface area contributed by atoms with E-state index in [0.29, 0.717) is 5.75 Å². The molecule has 2 aromatic rings. The summed E-state index contributed by atoms with van der Waals surface area (Å²) in [6.07, 6.45) is 3.24. The Labute approximate surface area is 131 Å². The van der Waals surface area contributed by atoms with Crippen molar-refractivity contribution in [3.05, 3.63) is 60.2 Å². The summed E-state index contributed by atoms with van der Waals surface area (Å²) in [6, 6.07) is 15.9. The number of methoxy groups -OCH3 is 1. The van der Waals surface area contributed by atoms with Crippen molar-refractivity contribution >= 4 is 12.0 Å². The molecular weight excluding hydrogens is 276 g/mol. The number of carbonyl (C=O) groups is 1. The highest BCUT2D eigenvalue weighted by Crippen LogP contribution is 2.34. The second-order valence-electron chi connectivity index (χ2n) is 4.87. The van der Waals surface area contributed by atoms with Crippen LogP contribution in [0, 0.1) is 0 Å². The van der Waals surface area contributed by atoms with E-state index >= 15 is 0 Å². The van der Waals surface area contributed by atoms with Crippen LogP contribution in [-0.2, 0) is 9.53 Å². The van der Waals surface area contributed by atoms with Crippen molar-refractivity contribution < 1.29 is 14.3 Å². The fraction of sp³-hybridized carbons (Fsp3) is 0.211. The molecule has 0 saturated carbocycles. The summed E-state index contributed by atoms with van der Waals surface area (Å²) in [5.74, 6) is 0.291. The summed E-state index contributed by atoms with van der Waals surface area (Å²) in [4.78, 5) is 11.7. The van der Waals surface area contributed by atoms with Crippen LogP contribution in [0.3, 0.4) is 0 Å². The average Bonchev–Trinajstić information content (AvgIpc) is 2.56. The first-order valence-corrected chi connectivity index (χ1v) is 7.23. The van der Waals surface area contributed by atoms with E-state index in [4.69, 9.17) is 9.47 Å². The maximum absolute atomic E-state index is 11.7. The van der Waals surface area contributed by atoms with Gasteiger partial charge in [-0.15, -0.1) is 0 Å². The van der Waals surface area contributed by atoms with Crippen molar-refractivity contribution in [3.8, 4) is 16.9 Å². The standard InChI is InChI=1S/C19H20O3/c1-4-9-16-12-8-13-17(15-10-6-5-7-11-15)18(16)22-14(2)19(20)21-3/h4-14H,1-3H3. The lowest BCUT2D eigenvalue weighted by Gasteiger charge is -2.18. The highest BCUT2D eigenvalue weighted by atomic mass is 16.6. The SMILES string of the molecule is CC=Cc1cccc(-c2ccccc2)c1OC(C)C(=O)OC. The molecule has 0 heterocycles. The van der Waals surface area contributed by atoms with Gasteiger partial charge >= 0.3 is 5.97 Å². The van der Waals surface area contributed by atoms with Gasteiger partial charge in [-0.3, -0.25) is 0 Å². The summed E-state index contributed by atoms with van der Waals surface area (Å²) < 4.78 is 10.7. The van der Waals surface area contributed by atoms with Gasteiger partial charge in [0.05, 0.1) is 7.11 Å². The van der Waals surface area contributed by atoms with Crippen molar-refractivity contribution in [2.75, 3.05) is 7.11 Å². The molecule has 0 amide bonds. The summed E-state index contributed by atoms with van der Waals surface area (Å²) in [5.41, 5.74) is 2.92. The van der Waals surface area contributed by atoms with Crippen LogP contribution in [0.2, 0.25) is 0 Å². The summed E-state index contributed by atoms with van der Waals surface area (Å²) in [6.45, 7) is 3.63. The first kappa shape index (κ1) is 15.8. The number of carbonyl (C=O) groups excluding carboxylic acids is 1. The second-order valence-corrected chi connectivity index (χ2v) is 4.87. The van der Waals surface area contributed by atoms with E-state index in [1.165, 1.54) is 7.11 Å². The summed E-state index contributed by atoms with van der Waals surface area (Å²) in [5, 5.41) is 0. The molecule has 3 heteroatoms. The molecule has 0 spiro atoms. The smallest absolute Gasteiger partial charge is 0.346 e. The van der Waals surface area contributed by atoms with Crippen LogP contribution in [0.25, 0.3) is 17.2 Å². The number of esters is 1. The zero-order valence-corrected chi connectivity index (χ0v) is 13.1. The van der Waals surface area contributed by atoms with Gasteiger partial charge in [0, 0.05) is 11.1 Å². The third kappa shape index (κ3) is 3.55. The number of ether oxygens (including phenoxy) is 2. The monoisotopic (exact) mass is 296 g/mol. The normalized spacial score (nSPS) is 12.1. The largest absolute Gasteiger partial charge is 0.478 e. The molecule has 0 bridgehead atoms. The Morgan fingerprint density at radius 1 is 1.09 bits per heavy atom. The molecule has 2 aromatic carbocycles. The molecule has 0 radical (unpaired) electrons. The molecule has 0 saturated heterocycles. The third-order valence-corrected chi connectivity index (χ3v) is 3.30. The maximum atomic E-state index is 11.7. The van der Waals surface area contributed by atoms with Gasteiger partial charge in [-0.25, -0.2) is 4.79 Å². The van der Waals surface area contributed by atoms with Gasteiger partial charge in [0.25, 0.3) is 0 Å². The van der Waals surface area contributed by atoms with Gasteiger partial charge in [-0.05, 0) is 19.4 Å². The lowest BCUT2D eigenvalue weighted by atomic mass is 10.0. The van der Waals surface area contributed by atoms with E-state index in [1.54, 1.807) is 6.92 Å². The van der Waals surface area contributed by atoms with Gasteiger partial charge in [0.2, 0.25) is 0 Å². The first-order chi connectivity index (χ1) is 10.7. The molecule has 0 aliphatic rings. The molecule has 2 rings (SSSR count). The van der Waals surface area contributed by atoms with E-state index in [9.17, 15) is 4.79 Å². The van der Waals surface area contributed by atoms with Crippen LogP contribution < -0.4 is 4.74 Å². The van der Waals surface area contributed by atoms with Gasteiger partial charge < -0.3 is 9.47 Å². The topological polar surface area (TPSA) is 35.5 Å². The van der Waals surface area contributed by atoms with Gasteiger partial charge in [-0.2, -0.15) is 0 Å². The third-order valence-electron chi connectivity index (χ3n) is 3.30. The highest BCUT2D eigenvalue weighted by molar-refractivity contribution is 5.79. The lowest BCUT2D eigenvalue weighted by molar-refractivity contribution is -0.147. The minimum atomic E-state index is -0.668. The molecule has 114 valence electrons. The van der Waals surface area contributed by atoms with E-state index in [1.807, 2.05) is 67.6 Å². The molecule has 0 aromatic heterocycles. The van der Waals surface area contributed by atoms with Crippen molar-refractivity contribution in [2.45, 2.75) is 20.0 Å². The summed E-state index contributed by atoms with van der Waals surface area (Å²) in [7, 11) is 1.36. The number of rotatable bonds is 5. The van der Waals surface area contributed by atoms with E-state index in [2.05, 4.69) is 0 Å². The molecule has 3 nitrogen and oxygen atoms in total. The zero-order chi connectivity index (χ0) is 15.9. The number of hydrogen-bond acceptors (Lipinski definition) is 3. The number of para-hydroxylation sites is 1. The zero-order valence-electron chi connectivity index (χ0n) is 13.1. The van der Waals surface area contributed by atoms with Crippen LogP contribution in [0.5, 0.6) is 5.75 Å². The van der Waals surface area contributed by atoms with E-state index < -0.39 is 12.1 Å². The van der Waals surface area contributed by atoms with Gasteiger partial charge in [-0.1, -0.05) is 60.7 Å². The quantitative estimate of drug-likeness (QED) is 0.770. The molecule has 0 N–H and O–H groups in total. The number of allylic oxidation sites excluding steroid dienone is 1. The fourth-order valence-corrected chi connectivity index (χ4v) is 2.23. The number of hydrogen-bond donors (Lipinski definition) is 0. The minimum Gasteiger partial charge on any atom is -0.478 e.